The molecule has 2 unspecified atom stereocenters. The Morgan fingerprint density at radius 1 is 1.23 bits per heavy atom. The zero-order valence-electron chi connectivity index (χ0n) is 13.1. The lowest BCUT2D eigenvalue weighted by molar-refractivity contribution is -0.212. The van der Waals surface area contributed by atoms with Crippen LogP contribution in [0.2, 0.25) is 0 Å². The van der Waals surface area contributed by atoms with E-state index >= 15 is 0 Å². The Kier molecular flexibility index (Phi) is 1.87. The fraction of sp³-hybridized carbons (Fsp3) is 0.875. The van der Waals surface area contributed by atoms with Crippen LogP contribution in [-0.4, -0.2) is 46.6 Å². The van der Waals surface area contributed by atoms with Gasteiger partial charge in [-0.3, -0.25) is 4.79 Å². The fourth-order valence-corrected chi connectivity index (χ4v) is 6.02. The molecule has 8 atom stereocenters. The van der Waals surface area contributed by atoms with Gasteiger partial charge in [-0.1, -0.05) is 20.8 Å². The molecule has 0 radical (unpaired) electrons. The lowest BCUT2D eigenvalue weighted by Gasteiger charge is -2.53. The van der Waals surface area contributed by atoms with Crippen molar-refractivity contribution in [1.82, 2.24) is 0 Å². The van der Waals surface area contributed by atoms with E-state index in [9.17, 15) is 14.7 Å². The molecule has 5 rings (SSSR count). The van der Waals surface area contributed by atoms with Crippen LogP contribution in [0.3, 0.4) is 0 Å². The van der Waals surface area contributed by atoms with Gasteiger partial charge in [-0.25, -0.2) is 4.79 Å². The normalized spacial score (nSPS) is 60.7. The summed E-state index contributed by atoms with van der Waals surface area (Å²) in [5.41, 5.74) is -3.53. The van der Waals surface area contributed by atoms with E-state index < -0.39 is 40.7 Å². The number of carbonyl (C=O) groups excluding carboxylic acids is 2. The Morgan fingerprint density at radius 3 is 2.55 bits per heavy atom. The Labute approximate surface area is 128 Å². The summed E-state index contributed by atoms with van der Waals surface area (Å²) in [5.74, 6) is -1.57. The van der Waals surface area contributed by atoms with E-state index in [0.717, 1.165) is 0 Å². The van der Waals surface area contributed by atoms with Gasteiger partial charge in [0.05, 0.1) is 16.9 Å². The number of aliphatic hydroxyl groups is 1. The van der Waals surface area contributed by atoms with Gasteiger partial charge < -0.3 is 19.3 Å². The Bertz CT molecular complexity index is 637. The maximum absolute atomic E-state index is 12.5. The molecule has 120 valence electrons. The van der Waals surface area contributed by atoms with Crippen molar-refractivity contribution in [1.29, 1.82) is 0 Å². The zero-order chi connectivity index (χ0) is 15.9. The minimum atomic E-state index is -1.31. The monoisotopic (exact) mass is 308 g/mol. The minimum absolute atomic E-state index is 0.177. The summed E-state index contributed by atoms with van der Waals surface area (Å²) in [7, 11) is 0. The van der Waals surface area contributed by atoms with Crippen LogP contribution in [0.5, 0.6) is 0 Å². The number of epoxide rings is 1. The first-order chi connectivity index (χ1) is 10.1. The van der Waals surface area contributed by atoms with Crippen LogP contribution in [0.1, 0.15) is 34.1 Å². The van der Waals surface area contributed by atoms with E-state index in [1.54, 1.807) is 0 Å². The van der Waals surface area contributed by atoms with Gasteiger partial charge in [0.25, 0.3) is 0 Å². The molecule has 3 aliphatic heterocycles. The molecule has 5 aliphatic rings. The molecule has 3 heterocycles. The summed E-state index contributed by atoms with van der Waals surface area (Å²) in [5, 5.41) is 11.5. The van der Waals surface area contributed by atoms with Gasteiger partial charge in [-0.15, -0.1) is 0 Å². The van der Waals surface area contributed by atoms with Crippen LogP contribution < -0.4 is 0 Å². The number of rotatable bonds is 0. The summed E-state index contributed by atoms with van der Waals surface area (Å²) >= 11 is 0. The standard InChI is InChI=1S/C16H20O6/c1-13(2,3)7-8-11(17)20-9(7)10-14(4)15(8,19)5-6-16(14,22-6)12(18)21-10/h6-10,19H,5H2,1-4H3/t6-,7?,8-,9-,10-,14-,15?,16+/m1/s1. The number of carbonyl (C=O) groups is 2. The first-order valence-electron chi connectivity index (χ1n) is 7.91. The molecule has 3 saturated heterocycles. The molecule has 6 nitrogen and oxygen atoms in total. The maximum Gasteiger partial charge on any atom is 0.342 e. The summed E-state index contributed by atoms with van der Waals surface area (Å²) in [6.45, 7) is 7.93. The highest BCUT2D eigenvalue weighted by atomic mass is 16.7. The second-order valence-electron chi connectivity index (χ2n) is 8.77. The first-order valence-corrected chi connectivity index (χ1v) is 7.91. The molecule has 0 aromatic rings. The van der Waals surface area contributed by atoms with Crippen molar-refractivity contribution < 1.29 is 28.9 Å². The summed E-state index contributed by atoms with van der Waals surface area (Å²) in [6.07, 6.45) is -1.18. The third-order valence-electron chi connectivity index (χ3n) is 7.03. The van der Waals surface area contributed by atoms with Gasteiger partial charge in [0.2, 0.25) is 5.60 Å². The van der Waals surface area contributed by atoms with Gasteiger partial charge >= 0.3 is 11.9 Å². The average Bonchev–Trinajstić information content (AvgIpc) is 2.85. The van der Waals surface area contributed by atoms with Crippen LogP contribution in [-0.2, 0) is 23.8 Å². The van der Waals surface area contributed by atoms with Crippen molar-refractivity contribution in [3.8, 4) is 0 Å². The molecule has 0 aromatic carbocycles. The van der Waals surface area contributed by atoms with Crippen molar-refractivity contribution in [3.05, 3.63) is 0 Å². The van der Waals surface area contributed by atoms with Gasteiger partial charge in [-0.2, -0.15) is 0 Å². The largest absolute Gasteiger partial charge is 0.458 e. The number of hydrogen-bond acceptors (Lipinski definition) is 6. The van der Waals surface area contributed by atoms with Crippen molar-refractivity contribution in [2.45, 2.75) is 63.6 Å². The highest BCUT2D eigenvalue weighted by molar-refractivity contribution is 5.91. The molecule has 1 spiro atoms. The number of esters is 2. The van der Waals surface area contributed by atoms with Crippen LogP contribution in [0.15, 0.2) is 0 Å². The summed E-state index contributed by atoms with van der Waals surface area (Å²) < 4.78 is 16.9. The van der Waals surface area contributed by atoms with E-state index in [-0.39, 0.29) is 23.4 Å². The van der Waals surface area contributed by atoms with Gasteiger partial charge in [0.15, 0.2) is 6.10 Å². The first kappa shape index (κ1) is 13.3. The van der Waals surface area contributed by atoms with E-state index in [4.69, 9.17) is 14.2 Å². The van der Waals surface area contributed by atoms with Crippen molar-refractivity contribution >= 4 is 11.9 Å². The lowest BCUT2D eigenvalue weighted by atomic mass is 9.50. The molecule has 6 heteroatoms. The number of ether oxygens (including phenoxy) is 3. The molecular weight excluding hydrogens is 288 g/mol. The second-order valence-corrected chi connectivity index (χ2v) is 8.77. The average molecular weight is 308 g/mol. The third-order valence-corrected chi connectivity index (χ3v) is 7.03. The van der Waals surface area contributed by atoms with Gasteiger partial charge in [0, 0.05) is 12.3 Å². The molecule has 1 N–H and O–H groups in total. The van der Waals surface area contributed by atoms with Crippen molar-refractivity contribution in [2.24, 2.45) is 22.7 Å². The SMILES string of the molecule is CC(C)(C)C1[C@H]2OC(=O)[C@@H]1C1(O)C[C@H]3O[C@]34C(=O)O[C@H]2[C@]14C. The van der Waals surface area contributed by atoms with Crippen LogP contribution >= 0.6 is 0 Å². The lowest BCUT2D eigenvalue weighted by Crippen LogP contribution is -2.67. The molecule has 0 aromatic heterocycles. The van der Waals surface area contributed by atoms with E-state index in [2.05, 4.69) is 0 Å². The van der Waals surface area contributed by atoms with E-state index in [0.29, 0.717) is 6.42 Å². The zero-order valence-corrected chi connectivity index (χ0v) is 13.1. The predicted molar refractivity (Wildman–Crippen MR) is 71.5 cm³/mol. The predicted octanol–water partition coefficient (Wildman–Crippen LogP) is 0.408. The Balaban J connectivity index is 1.76. The smallest absolute Gasteiger partial charge is 0.342 e. The molecular formula is C16H20O6. The second kappa shape index (κ2) is 3.08. The highest BCUT2D eigenvalue weighted by Gasteiger charge is 2.95. The molecule has 0 amide bonds. The van der Waals surface area contributed by atoms with Crippen LogP contribution in [0.4, 0.5) is 0 Å². The van der Waals surface area contributed by atoms with Crippen LogP contribution in [0.25, 0.3) is 0 Å². The van der Waals surface area contributed by atoms with Crippen LogP contribution in [0, 0.1) is 22.7 Å². The quantitative estimate of drug-likeness (QED) is 0.515. The fourth-order valence-electron chi connectivity index (χ4n) is 6.02. The molecule has 2 aliphatic carbocycles. The Morgan fingerprint density at radius 2 is 1.91 bits per heavy atom. The summed E-state index contributed by atoms with van der Waals surface area (Å²) in [6, 6.07) is 0. The highest BCUT2D eigenvalue weighted by Crippen LogP contribution is 2.77. The topological polar surface area (TPSA) is 85.4 Å². The maximum atomic E-state index is 12.5. The Hall–Kier alpha value is -1.14. The molecule has 5 fully saturated rings. The van der Waals surface area contributed by atoms with Crippen molar-refractivity contribution in [2.75, 3.05) is 0 Å². The number of hydrogen-bond donors (Lipinski definition) is 1. The van der Waals surface area contributed by atoms with Crippen molar-refractivity contribution in [3.63, 3.8) is 0 Å². The minimum Gasteiger partial charge on any atom is -0.458 e. The molecule has 2 saturated carbocycles. The van der Waals surface area contributed by atoms with Gasteiger partial charge in [-0.05, 0) is 12.3 Å². The van der Waals surface area contributed by atoms with E-state index in [1.165, 1.54) is 0 Å². The third kappa shape index (κ3) is 0.967. The summed E-state index contributed by atoms with van der Waals surface area (Å²) in [4.78, 5) is 24.9. The van der Waals surface area contributed by atoms with Gasteiger partial charge in [0.1, 0.15) is 12.2 Å². The molecule has 22 heavy (non-hydrogen) atoms. The number of fused-ring (bicyclic) bond motifs is 4. The molecule has 2 bridgehead atoms. The van der Waals surface area contributed by atoms with E-state index in [1.807, 2.05) is 27.7 Å².